The van der Waals surface area contributed by atoms with Crippen molar-refractivity contribution in [3.63, 3.8) is 0 Å². The fourth-order valence-electron chi connectivity index (χ4n) is 2.18. The Hall–Kier alpha value is -1.33. The van der Waals surface area contributed by atoms with Crippen LogP contribution in [-0.4, -0.2) is 29.3 Å². The van der Waals surface area contributed by atoms with Crippen molar-refractivity contribution >= 4 is 32.9 Å². The predicted molar refractivity (Wildman–Crippen MR) is 66.9 cm³/mol. The van der Waals surface area contributed by atoms with Gasteiger partial charge >= 0.3 is 0 Å². The summed E-state index contributed by atoms with van der Waals surface area (Å²) in [6.07, 6.45) is 0.583. The van der Waals surface area contributed by atoms with Gasteiger partial charge in [-0.1, -0.05) is 0 Å². The van der Waals surface area contributed by atoms with Crippen molar-refractivity contribution in [2.45, 2.75) is 12.5 Å². The molecule has 1 atom stereocenters. The summed E-state index contributed by atoms with van der Waals surface area (Å²) in [4.78, 5) is 6.40. The molecule has 16 heavy (non-hydrogen) atoms. The van der Waals surface area contributed by atoms with Gasteiger partial charge in [0.15, 0.2) is 0 Å². The minimum absolute atomic E-state index is 0.231. The zero-order chi connectivity index (χ0) is 11.1. The van der Waals surface area contributed by atoms with Crippen LogP contribution in [0.2, 0.25) is 0 Å². The third-order valence-electron chi connectivity index (χ3n) is 3.02. The van der Waals surface area contributed by atoms with Gasteiger partial charge in [-0.05, 0) is 18.6 Å². The zero-order valence-electron chi connectivity index (χ0n) is 8.76. The Labute approximate surface area is 97.3 Å². The monoisotopic (exact) mass is 235 g/mol. The van der Waals surface area contributed by atoms with Crippen molar-refractivity contribution < 1.29 is 5.11 Å². The lowest BCUT2D eigenvalue weighted by Crippen LogP contribution is -2.22. The second kappa shape index (κ2) is 3.61. The van der Waals surface area contributed by atoms with E-state index in [9.17, 15) is 5.11 Å². The van der Waals surface area contributed by atoms with E-state index in [4.69, 9.17) is 5.73 Å². The number of aliphatic hydroxyl groups excluding tert-OH is 1. The Kier molecular flexibility index (Phi) is 2.22. The van der Waals surface area contributed by atoms with Crippen molar-refractivity contribution in [2.75, 3.05) is 23.7 Å². The van der Waals surface area contributed by atoms with E-state index in [1.54, 1.807) is 11.3 Å². The first-order chi connectivity index (χ1) is 7.75. The number of anilines is 2. The predicted octanol–water partition coefficient (Wildman–Crippen LogP) is 1.45. The van der Waals surface area contributed by atoms with E-state index < -0.39 is 0 Å². The molecule has 0 saturated carbocycles. The number of thiazole rings is 1. The molecule has 1 unspecified atom stereocenters. The Morgan fingerprint density at radius 1 is 1.50 bits per heavy atom. The maximum Gasteiger partial charge on any atom is 0.106 e. The second-order valence-electron chi connectivity index (χ2n) is 4.09. The molecule has 1 aliphatic heterocycles. The number of nitrogens with zero attached hydrogens (tertiary/aromatic N) is 2. The number of fused-ring (bicyclic) bond motifs is 1. The van der Waals surface area contributed by atoms with Gasteiger partial charge in [-0.3, -0.25) is 0 Å². The molecule has 1 aromatic carbocycles. The lowest BCUT2D eigenvalue weighted by atomic mass is 10.2. The van der Waals surface area contributed by atoms with Gasteiger partial charge in [0, 0.05) is 13.1 Å². The minimum Gasteiger partial charge on any atom is -0.395 e. The molecule has 4 nitrogen and oxygen atoms in total. The highest BCUT2D eigenvalue weighted by Gasteiger charge is 2.22. The van der Waals surface area contributed by atoms with Crippen molar-refractivity contribution in [3.8, 4) is 0 Å². The third-order valence-corrected chi connectivity index (χ3v) is 3.82. The summed E-state index contributed by atoms with van der Waals surface area (Å²) in [5, 5.41) is 9.53. The van der Waals surface area contributed by atoms with Crippen molar-refractivity contribution in [1.82, 2.24) is 4.98 Å². The summed E-state index contributed by atoms with van der Waals surface area (Å²) in [6.45, 7) is 1.53. The van der Waals surface area contributed by atoms with Gasteiger partial charge in [0.1, 0.15) is 5.52 Å². The maximum atomic E-state index is 9.53. The first-order valence-electron chi connectivity index (χ1n) is 5.30. The van der Waals surface area contributed by atoms with Crippen LogP contribution in [0, 0.1) is 0 Å². The third kappa shape index (κ3) is 1.44. The van der Waals surface area contributed by atoms with Gasteiger partial charge in [-0.15, -0.1) is 11.3 Å². The number of hydrogen-bond donors (Lipinski definition) is 2. The maximum absolute atomic E-state index is 9.53. The topological polar surface area (TPSA) is 62.4 Å². The van der Waals surface area contributed by atoms with Crippen LogP contribution in [0.3, 0.4) is 0 Å². The zero-order valence-corrected chi connectivity index (χ0v) is 9.57. The highest BCUT2D eigenvalue weighted by molar-refractivity contribution is 7.16. The van der Waals surface area contributed by atoms with E-state index in [0.717, 1.165) is 34.6 Å². The van der Waals surface area contributed by atoms with Crippen LogP contribution in [0.4, 0.5) is 11.4 Å². The van der Waals surface area contributed by atoms with E-state index in [0.29, 0.717) is 6.54 Å². The quantitative estimate of drug-likeness (QED) is 0.734. The molecule has 1 aliphatic rings. The largest absolute Gasteiger partial charge is 0.395 e. The van der Waals surface area contributed by atoms with E-state index in [1.807, 2.05) is 17.6 Å². The second-order valence-corrected chi connectivity index (χ2v) is 4.97. The molecule has 2 heterocycles. The van der Waals surface area contributed by atoms with E-state index >= 15 is 0 Å². The van der Waals surface area contributed by atoms with E-state index in [-0.39, 0.29) is 6.10 Å². The first-order valence-corrected chi connectivity index (χ1v) is 6.18. The fraction of sp³-hybridized carbons (Fsp3) is 0.364. The molecule has 0 aliphatic carbocycles. The number of hydrogen-bond acceptors (Lipinski definition) is 5. The summed E-state index contributed by atoms with van der Waals surface area (Å²) in [6, 6.07) is 4.07. The molecule has 0 spiro atoms. The average molecular weight is 235 g/mol. The average Bonchev–Trinajstić information content (AvgIpc) is 2.87. The summed E-state index contributed by atoms with van der Waals surface area (Å²) in [7, 11) is 0. The van der Waals surface area contributed by atoms with Crippen LogP contribution in [0.1, 0.15) is 6.42 Å². The van der Waals surface area contributed by atoms with Gasteiger partial charge in [0.25, 0.3) is 0 Å². The van der Waals surface area contributed by atoms with Crippen LogP contribution < -0.4 is 10.6 Å². The van der Waals surface area contributed by atoms with Gasteiger partial charge < -0.3 is 15.7 Å². The Bertz CT molecular complexity index is 525. The molecular formula is C11H13N3OS. The molecule has 0 radical (unpaired) electrons. The number of β-amino-alcohol motifs (C(OH)–C–C–N with tert-alkyl or cyclic N) is 1. The number of aliphatic hydroxyl groups is 1. The van der Waals surface area contributed by atoms with E-state index in [2.05, 4.69) is 9.88 Å². The molecule has 0 bridgehead atoms. The first kappa shape index (κ1) is 9.86. The van der Waals surface area contributed by atoms with Gasteiger partial charge in [-0.25, -0.2) is 4.98 Å². The van der Waals surface area contributed by atoms with Crippen LogP contribution in [0.25, 0.3) is 10.2 Å². The number of nitrogen functional groups attached to an aromatic ring is 1. The van der Waals surface area contributed by atoms with Crippen molar-refractivity contribution in [1.29, 1.82) is 0 Å². The highest BCUT2D eigenvalue weighted by Crippen LogP contribution is 2.33. The fourth-order valence-corrected chi connectivity index (χ4v) is 2.87. The van der Waals surface area contributed by atoms with Gasteiger partial charge in [-0.2, -0.15) is 0 Å². The molecule has 2 aromatic rings. The number of rotatable bonds is 1. The molecule has 0 amide bonds. The normalized spacial score (nSPS) is 20.8. The summed E-state index contributed by atoms with van der Waals surface area (Å²) >= 11 is 1.59. The Balaban J connectivity index is 2.06. The van der Waals surface area contributed by atoms with Crippen molar-refractivity contribution in [2.24, 2.45) is 0 Å². The summed E-state index contributed by atoms with van der Waals surface area (Å²) < 4.78 is 1.11. The van der Waals surface area contributed by atoms with Crippen LogP contribution in [-0.2, 0) is 0 Å². The standard InChI is InChI=1S/C11H13N3OS/c12-10-8(14-4-3-7(15)5-14)1-2-9-11(10)13-6-16-9/h1-2,6-7,15H,3-5,12H2. The number of aromatic nitrogens is 1. The molecule has 3 rings (SSSR count). The SMILES string of the molecule is Nc1c(N2CCC(O)C2)ccc2scnc12. The molecule has 1 saturated heterocycles. The molecule has 3 N–H and O–H groups in total. The van der Waals surface area contributed by atoms with Crippen LogP contribution in [0.15, 0.2) is 17.6 Å². The number of benzene rings is 1. The molecule has 1 fully saturated rings. The lowest BCUT2D eigenvalue weighted by Gasteiger charge is -2.19. The smallest absolute Gasteiger partial charge is 0.106 e. The van der Waals surface area contributed by atoms with Gasteiger partial charge in [0.2, 0.25) is 0 Å². The summed E-state index contributed by atoms with van der Waals surface area (Å²) in [5.41, 5.74) is 10.5. The van der Waals surface area contributed by atoms with E-state index in [1.165, 1.54) is 0 Å². The Morgan fingerprint density at radius 2 is 2.38 bits per heavy atom. The van der Waals surface area contributed by atoms with Crippen LogP contribution in [0.5, 0.6) is 0 Å². The minimum atomic E-state index is -0.231. The summed E-state index contributed by atoms with van der Waals surface area (Å²) in [5.74, 6) is 0. The van der Waals surface area contributed by atoms with Gasteiger partial charge in [0.05, 0.1) is 27.7 Å². The lowest BCUT2D eigenvalue weighted by molar-refractivity contribution is 0.198. The van der Waals surface area contributed by atoms with Crippen molar-refractivity contribution in [3.05, 3.63) is 17.6 Å². The molecular weight excluding hydrogens is 222 g/mol. The molecule has 5 heteroatoms. The molecule has 84 valence electrons. The highest BCUT2D eigenvalue weighted by atomic mass is 32.1. The number of nitrogens with two attached hydrogens (primary N) is 1. The van der Waals surface area contributed by atoms with Crippen LogP contribution >= 0.6 is 11.3 Å². The Morgan fingerprint density at radius 3 is 3.12 bits per heavy atom. The molecule has 1 aromatic heterocycles.